The Kier molecular flexibility index (Phi) is 5.77. The molecule has 0 aromatic heterocycles. The fraction of sp³-hybridized carbons (Fsp3) is 0.538. The van der Waals surface area contributed by atoms with Crippen LogP contribution in [0.15, 0.2) is 17.0 Å². The van der Waals surface area contributed by atoms with Gasteiger partial charge in [0.2, 0.25) is 10.0 Å². The van der Waals surface area contributed by atoms with E-state index in [1.807, 2.05) is 0 Å². The van der Waals surface area contributed by atoms with Crippen LogP contribution < -0.4 is 9.88 Å². The van der Waals surface area contributed by atoms with E-state index in [9.17, 15) is 16.8 Å². The number of nitrogens with two attached hydrogens (primary N) is 1. The molecule has 1 aromatic rings. The third-order valence-corrected chi connectivity index (χ3v) is 6.03. The van der Waals surface area contributed by atoms with Crippen LogP contribution in [0.2, 0.25) is 0 Å². The maximum Gasteiger partial charge on any atom is 0.238 e. The third-order valence-electron chi connectivity index (χ3n) is 3.03. The van der Waals surface area contributed by atoms with Crippen LogP contribution in [0.25, 0.3) is 0 Å². The van der Waals surface area contributed by atoms with E-state index in [0.29, 0.717) is 23.3 Å². The van der Waals surface area contributed by atoms with Crippen molar-refractivity contribution >= 4 is 19.9 Å². The summed E-state index contributed by atoms with van der Waals surface area (Å²) in [7, 11) is -6.76. The zero-order valence-corrected chi connectivity index (χ0v) is 14.1. The van der Waals surface area contributed by atoms with E-state index >= 15 is 0 Å². The second-order valence-electron chi connectivity index (χ2n) is 4.87. The molecule has 0 aliphatic heterocycles. The Morgan fingerprint density at radius 3 is 2.05 bits per heavy atom. The maximum atomic E-state index is 11.5. The van der Waals surface area contributed by atoms with E-state index in [2.05, 4.69) is 0 Å². The van der Waals surface area contributed by atoms with E-state index in [4.69, 9.17) is 9.88 Å². The van der Waals surface area contributed by atoms with E-state index in [0.717, 1.165) is 0 Å². The first kappa shape index (κ1) is 17.9. The number of hydrogen-bond donors (Lipinski definition) is 1. The lowest BCUT2D eigenvalue weighted by molar-refractivity contribution is 0.317. The lowest BCUT2D eigenvalue weighted by Gasteiger charge is -2.12. The molecule has 0 amide bonds. The second kappa shape index (κ2) is 6.76. The monoisotopic (exact) mass is 335 g/mol. The summed E-state index contributed by atoms with van der Waals surface area (Å²) in [6, 6.07) is 3.17. The van der Waals surface area contributed by atoms with Crippen molar-refractivity contribution in [2.45, 2.75) is 32.1 Å². The van der Waals surface area contributed by atoms with E-state index in [-0.39, 0.29) is 23.0 Å². The quantitative estimate of drug-likeness (QED) is 0.753. The minimum atomic E-state index is -3.76. The average molecular weight is 335 g/mol. The molecule has 0 atom stereocenters. The van der Waals surface area contributed by atoms with Crippen LogP contribution in [0.4, 0.5) is 0 Å². The van der Waals surface area contributed by atoms with Crippen molar-refractivity contribution in [1.29, 1.82) is 0 Å². The van der Waals surface area contributed by atoms with Gasteiger partial charge in [-0.2, -0.15) is 0 Å². The molecule has 0 spiro atoms. The smallest absolute Gasteiger partial charge is 0.238 e. The number of primary sulfonamides is 1. The molecule has 0 bridgehead atoms. The summed E-state index contributed by atoms with van der Waals surface area (Å²) < 4.78 is 51.1. The van der Waals surface area contributed by atoms with Crippen LogP contribution in [0.1, 0.15) is 24.5 Å². The Bertz CT molecular complexity index is 685. The Labute approximate surface area is 126 Å². The first-order chi connectivity index (χ1) is 9.57. The fourth-order valence-corrected chi connectivity index (χ4v) is 3.92. The Balaban J connectivity index is 2.75. The number of sulfonamides is 1. The number of benzene rings is 1. The van der Waals surface area contributed by atoms with Crippen LogP contribution in [-0.4, -0.2) is 34.9 Å². The fourth-order valence-electron chi connectivity index (χ4n) is 2.06. The maximum absolute atomic E-state index is 11.5. The number of ether oxygens (including phenoxy) is 1. The molecule has 0 aliphatic carbocycles. The van der Waals surface area contributed by atoms with Crippen molar-refractivity contribution in [3.05, 3.63) is 23.3 Å². The topological polar surface area (TPSA) is 104 Å². The van der Waals surface area contributed by atoms with E-state index < -0.39 is 19.9 Å². The first-order valence-electron chi connectivity index (χ1n) is 6.54. The van der Waals surface area contributed by atoms with Gasteiger partial charge in [-0.1, -0.05) is 6.92 Å². The molecule has 0 saturated carbocycles. The number of hydrogen-bond acceptors (Lipinski definition) is 5. The minimum Gasteiger partial charge on any atom is -0.494 e. The standard InChI is InChI=1S/C13H21NO5S2/c1-4-20(15,16)7-5-6-19-12-8-10(2)13(11(3)9-12)21(14,17)18/h8-9H,4-7H2,1-3H3,(H2,14,17,18). The summed E-state index contributed by atoms with van der Waals surface area (Å²) in [6.45, 7) is 5.14. The summed E-state index contributed by atoms with van der Waals surface area (Å²) >= 11 is 0. The van der Waals surface area contributed by atoms with Crippen molar-refractivity contribution in [3.63, 3.8) is 0 Å². The molecule has 120 valence electrons. The van der Waals surface area contributed by atoms with E-state index in [1.165, 1.54) is 0 Å². The van der Waals surface area contributed by atoms with Crippen LogP contribution in [0.3, 0.4) is 0 Å². The van der Waals surface area contributed by atoms with Gasteiger partial charge in [0.05, 0.1) is 17.3 Å². The highest BCUT2D eigenvalue weighted by atomic mass is 32.2. The predicted octanol–water partition coefficient (Wildman–Crippen LogP) is 1.15. The summed E-state index contributed by atoms with van der Waals surface area (Å²) in [5.41, 5.74) is 1.02. The Morgan fingerprint density at radius 2 is 1.62 bits per heavy atom. The van der Waals surface area contributed by atoms with Gasteiger partial charge in [-0.05, 0) is 43.5 Å². The summed E-state index contributed by atoms with van der Waals surface area (Å²) in [5, 5.41) is 5.16. The number of rotatable bonds is 7. The molecule has 2 N–H and O–H groups in total. The first-order valence-corrected chi connectivity index (χ1v) is 9.91. The van der Waals surface area contributed by atoms with Crippen molar-refractivity contribution < 1.29 is 21.6 Å². The SMILES string of the molecule is CCS(=O)(=O)CCCOc1cc(C)c(S(N)(=O)=O)c(C)c1. The van der Waals surface area contributed by atoms with Gasteiger partial charge in [-0.25, -0.2) is 22.0 Å². The molecule has 1 rings (SSSR count). The molecule has 0 fully saturated rings. The van der Waals surface area contributed by atoms with Crippen LogP contribution >= 0.6 is 0 Å². The minimum absolute atomic E-state index is 0.0801. The molecule has 8 heteroatoms. The average Bonchev–Trinajstić information content (AvgIpc) is 2.32. The van der Waals surface area contributed by atoms with Gasteiger partial charge in [-0.3, -0.25) is 0 Å². The molecular weight excluding hydrogens is 314 g/mol. The molecule has 0 saturated heterocycles. The van der Waals surface area contributed by atoms with E-state index in [1.54, 1.807) is 32.9 Å². The molecular formula is C13H21NO5S2. The molecule has 0 heterocycles. The van der Waals surface area contributed by atoms with Gasteiger partial charge in [0.1, 0.15) is 15.6 Å². The molecule has 0 unspecified atom stereocenters. The van der Waals surface area contributed by atoms with Crippen molar-refractivity contribution in [2.24, 2.45) is 5.14 Å². The van der Waals surface area contributed by atoms with Gasteiger partial charge >= 0.3 is 0 Å². The van der Waals surface area contributed by atoms with Crippen LogP contribution in [0.5, 0.6) is 5.75 Å². The van der Waals surface area contributed by atoms with Crippen molar-refractivity contribution in [3.8, 4) is 5.75 Å². The molecule has 1 aromatic carbocycles. The molecule has 21 heavy (non-hydrogen) atoms. The Hall–Kier alpha value is -1.12. The molecule has 0 aliphatic rings. The zero-order valence-electron chi connectivity index (χ0n) is 12.4. The molecule has 6 nitrogen and oxygen atoms in total. The predicted molar refractivity (Wildman–Crippen MR) is 81.7 cm³/mol. The lowest BCUT2D eigenvalue weighted by atomic mass is 10.1. The van der Waals surface area contributed by atoms with Crippen LogP contribution in [0, 0.1) is 13.8 Å². The largest absolute Gasteiger partial charge is 0.494 e. The Morgan fingerprint density at radius 1 is 1.10 bits per heavy atom. The molecule has 0 radical (unpaired) electrons. The van der Waals surface area contributed by atoms with Gasteiger partial charge < -0.3 is 4.74 Å². The van der Waals surface area contributed by atoms with Gasteiger partial charge in [0, 0.05) is 5.75 Å². The zero-order chi connectivity index (χ0) is 16.3. The van der Waals surface area contributed by atoms with Gasteiger partial charge in [0.25, 0.3) is 0 Å². The highest BCUT2D eigenvalue weighted by molar-refractivity contribution is 7.91. The van der Waals surface area contributed by atoms with Gasteiger partial charge in [0.15, 0.2) is 0 Å². The highest BCUT2D eigenvalue weighted by Gasteiger charge is 2.16. The summed E-state index contributed by atoms with van der Waals surface area (Å²) in [6.07, 6.45) is 0.394. The van der Waals surface area contributed by atoms with Crippen LogP contribution in [-0.2, 0) is 19.9 Å². The number of aryl methyl sites for hydroxylation is 2. The highest BCUT2D eigenvalue weighted by Crippen LogP contribution is 2.24. The second-order valence-corrected chi connectivity index (χ2v) is 8.84. The summed E-state index contributed by atoms with van der Waals surface area (Å²) in [5.74, 6) is 0.705. The number of sulfone groups is 1. The van der Waals surface area contributed by atoms with Crippen molar-refractivity contribution in [1.82, 2.24) is 0 Å². The third kappa shape index (κ3) is 5.29. The normalized spacial score (nSPS) is 12.4. The van der Waals surface area contributed by atoms with Gasteiger partial charge in [-0.15, -0.1) is 0 Å². The summed E-state index contributed by atoms with van der Waals surface area (Å²) in [4.78, 5) is 0.100. The van der Waals surface area contributed by atoms with Crippen molar-refractivity contribution in [2.75, 3.05) is 18.1 Å². The lowest BCUT2D eigenvalue weighted by Crippen LogP contribution is -2.15.